The van der Waals surface area contributed by atoms with Gasteiger partial charge < -0.3 is 19.3 Å². The molecule has 0 bridgehead atoms. The maximum atomic E-state index is 11.4. The molecule has 1 rings (SSSR count). The van der Waals surface area contributed by atoms with Crippen LogP contribution in [0.15, 0.2) is 30.3 Å². The maximum absolute atomic E-state index is 11.4. The fraction of sp³-hybridized carbons (Fsp3) is 0.462. The molecule has 0 radical (unpaired) electrons. The van der Waals surface area contributed by atoms with Gasteiger partial charge in [0.2, 0.25) is 0 Å². The number of methoxy groups -OCH3 is 3. The average molecular weight is 254 g/mol. The minimum absolute atomic E-state index is 0.0653. The number of benzene rings is 1. The molecule has 0 saturated carbocycles. The molecule has 5 nitrogen and oxygen atoms in total. The van der Waals surface area contributed by atoms with Gasteiger partial charge in [-0.3, -0.25) is 4.79 Å². The molecule has 1 aromatic carbocycles. The molecule has 100 valence electrons. The summed E-state index contributed by atoms with van der Waals surface area (Å²) in [6, 6.07) is 8.92. The number of carbonyl (C=O) groups is 1. The molecule has 18 heavy (non-hydrogen) atoms. The Morgan fingerprint density at radius 2 is 1.67 bits per heavy atom. The van der Waals surface area contributed by atoms with Crippen LogP contribution in [-0.4, -0.2) is 38.4 Å². The molecule has 0 aliphatic heterocycles. The third kappa shape index (κ3) is 3.29. The Balaban J connectivity index is 2.97. The van der Waals surface area contributed by atoms with E-state index in [1.807, 2.05) is 6.07 Å². The van der Waals surface area contributed by atoms with E-state index >= 15 is 0 Å². The topological polar surface area (TPSA) is 65.0 Å². The zero-order valence-corrected chi connectivity index (χ0v) is 10.8. The van der Waals surface area contributed by atoms with E-state index in [0.717, 1.165) is 0 Å². The normalized spacial score (nSPS) is 13.3. The molecule has 0 saturated heterocycles. The first-order valence-corrected chi connectivity index (χ1v) is 5.51. The molecule has 1 N–H and O–H groups in total. The summed E-state index contributed by atoms with van der Waals surface area (Å²) < 4.78 is 15.4. The zero-order chi connectivity index (χ0) is 13.6. The Labute approximate surface area is 106 Å². The van der Waals surface area contributed by atoms with Gasteiger partial charge in [0.1, 0.15) is 0 Å². The first-order valence-electron chi connectivity index (χ1n) is 5.51. The highest BCUT2D eigenvalue weighted by molar-refractivity contribution is 5.76. The second-order valence-corrected chi connectivity index (χ2v) is 3.80. The second kappa shape index (κ2) is 6.49. The van der Waals surface area contributed by atoms with E-state index < -0.39 is 17.9 Å². The lowest BCUT2D eigenvalue weighted by Crippen LogP contribution is -2.39. The van der Waals surface area contributed by atoms with Gasteiger partial charge in [0.25, 0.3) is 5.97 Å². The molecular formula is C13H18O5. The van der Waals surface area contributed by atoms with Gasteiger partial charge in [-0.15, -0.1) is 0 Å². The number of ether oxygens (including phenoxy) is 3. The van der Waals surface area contributed by atoms with Crippen LogP contribution in [0.5, 0.6) is 0 Å². The zero-order valence-electron chi connectivity index (χ0n) is 10.8. The van der Waals surface area contributed by atoms with Crippen molar-refractivity contribution in [2.75, 3.05) is 21.3 Å². The van der Waals surface area contributed by atoms with Crippen LogP contribution in [0.2, 0.25) is 0 Å². The van der Waals surface area contributed by atoms with E-state index in [1.54, 1.807) is 24.3 Å². The summed E-state index contributed by atoms with van der Waals surface area (Å²) in [7, 11) is 4.24. The van der Waals surface area contributed by atoms with Gasteiger partial charge in [0.15, 0.2) is 0 Å². The third-order valence-electron chi connectivity index (χ3n) is 2.89. The van der Waals surface area contributed by atoms with E-state index in [9.17, 15) is 9.90 Å². The summed E-state index contributed by atoms with van der Waals surface area (Å²) in [5.74, 6) is -3.05. The molecule has 0 aliphatic carbocycles. The lowest BCUT2D eigenvalue weighted by Gasteiger charge is -2.31. The van der Waals surface area contributed by atoms with Crippen LogP contribution in [-0.2, 0) is 19.0 Å². The summed E-state index contributed by atoms with van der Waals surface area (Å²) in [6.45, 7) is 0. The summed E-state index contributed by atoms with van der Waals surface area (Å²) in [6.07, 6.45) is 0.0653. The molecule has 5 heteroatoms. The van der Waals surface area contributed by atoms with Gasteiger partial charge >= 0.3 is 5.97 Å². The molecule has 1 atom stereocenters. The Morgan fingerprint density at radius 1 is 1.17 bits per heavy atom. The molecule has 0 aliphatic rings. The average Bonchev–Trinajstić information content (AvgIpc) is 2.42. The fourth-order valence-electron chi connectivity index (χ4n) is 1.78. The highest BCUT2D eigenvalue weighted by Gasteiger charge is 2.37. The predicted molar refractivity (Wildman–Crippen MR) is 65.2 cm³/mol. The number of hydrogen-bond acceptors (Lipinski definition) is 4. The van der Waals surface area contributed by atoms with E-state index in [2.05, 4.69) is 0 Å². The van der Waals surface area contributed by atoms with Crippen molar-refractivity contribution in [2.24, 2.45) is 0 Å². The monoisotopic (exact) mass is 254 g/mol. The predicted octanol–water partition coefficient (Wildman–Crippen LogP) is 1.84. The fourth-order valence-corrected chi connectivity index (χ4v) is 1.78. The number of carboxylic acid groups (broad SMARTS) is 1. The van der Waals surface area contributed by atoms with Crippen molar-refractivity contribution in [1.29, 1.82) is 0 Å². The first kappa shape index (κ1) is 14.6. The summed E-state index contributed by atoms with van der Waals surface area (Å²) in [4.78, 5) is 11.4. The van der Waals surface area contributed by atoms with Crippen molar-refractivity contribution < 1.29 is 24.1 Å². The Kier molecular flexibility index (Phi) is 5.27. The van der Waals surface area contributed by atoms with Crippen LogP contribution < -0.4 is 0 Å². The standard InChI is InChI=1S/C13H18O5/c1-16-13(17-2,18-3)9-11(12(14)15)10-7-5-4-6-8-10/h4-8,11H,9H2,1-3H3,(H,14,15). The van der Waals surface area contributed by atoms with Crippen LogP contribution in [0.3, 0.4) is 0 Å². The van der Waals surface area contributed by atoms with Crippen molar-refractivity contribution >= 4 is 5.97 Å². The lowest BCUT2D eigenvalue weighted by molar-refractivity contribution is -0.356. The highest BCUT2D eigenvalue weighted by Crippen LogP contribution is 2.29. The highest BCUT2D eigenvalue weighted by atomic mass is 16.9. The molecule has 1 unspecified atom stereocenters. The van der Waals surface area contributed by atoms with Crippen molar-refractivity contribution in [3.8, 4) is 0 Å². The molecule has 0 spiro atoms. The van der Waals surface area contributed by atoms with Gasteiger partial charge in [-0.05, 0) is 5.56 Å². The minimum atomic E-state index is -1.35. The van der Waals surface area contributed by atoms with Crippen molar-refractivity contribution in [2.45, 2.75) is 18.3 Å². The molecule has 0 fully saturated rings. The Morgan fingerprint density at radius 3 is 2.06 bits per heavy atom. The van der Waals surface area contributed by atoms with Gasteiger partial charge in [-0.2, -0.15) is 0 Å². The van der Waals surface area contributed by atoms with Crippen molar-refractivity contribution in [3.63, 3.8) is 0 Å². The molecular weight excluding hydrogens is 236 g/mol. The van der Waals surface area contributed by atoms with Gasteiger partial charge in [-0.25, -0.2) is 0 Å². The molecule has 1 aromatic rings. The SMILES string of the molecule is COC(CC(C(=O)O)c1ccccc1)(OC)OC. The van der Waals surface area contributed by atoms with Crippen LogP contribution >= 0.6 is 0 Å². The van der Waals surface area contributed by atoms with Gasteiger partial charge in [0, 0.05) is 27.8 Å². The number of rotatable bonds is 7. The van der Waals surface area contributed by atoms with E-state index in [4.69, 9.17) is 14.2 Å². The van der Waals surface area contributed by atoms with E-state index in [1.165, 1.54) is 21.3 Å². The number of carboxylic acids is 1. The molecule has 0 amide bonds. The van der Waals surface area contributed by atoms with E-state index in [-0.39, 0.29) is 6.42 Å². The third-order valence-corrected chi connectivity index (χ3v) is 2.89. The first-order chi connectivity index (χ1) is 8.58. The molecule has 0 heterocycles. The van der Waals surface area contributed by atoms with Crippen molar-refractivity contribution in [3.05, 3.63) is 35.9 Å². The van der Waals surface area contributed by atoms with Crippen LogP contribution in [0.25, 0.3) is 0 Å². The Bertz CT molecular complexity index is 364. The Hall–Kier alpha value is -1.43. The minimum Gasteiger partial charge on any atom is -0.481 e. The quantitative estimate of drug-likeness (QED) is 0.752. The summed E-state index contributed by atoms with van der Waals surface area (Å²) in [5.41, 5.74) is 0.681. The van der Waals surface area contributed by atoms with E-state index in [0.29, 0.717) is 5.56 Å². The number of aliphatic carboxylic acids is 1. The number of hydrogen-bond donors (Lipinski definition) is 1. The van der Waals surface area contributed by atoms with Crippen molar-refractivity contribution in [1.82, 2.24) is 0 Å². The summed E-state index contributed by atoms with van der Waals surface area (Å²) >= 11 is 0. The second-order valence-electron chi connectivity index (χ2n) is 3.80. The smallest absolute Gasteiger partial charge is 0.311 e. The largest absolute Gasteiger partial charge is 0.481 e. The van der Waals surface area contributed by atoms with Gasteiger partial charge in [0.05, 0.1) is 5.92 Å². The van der Waals surface area contributed by atoms with Crippen LogP contribution in [0, 0.1) is 0 Å². The van der Waals surface area contributed by atoms with Gasteiger partial charge in [-0.1, -0.05) is 30.3 Å². The lowest BCUT2D eigenvalue weighted by atomic mass is 9.94. The molecule has 0 aromatic heterocycles. The van der Waals surface area contributed by atoms with Crippen LogP contribution in [0.4, 0.5) is 0 Å². The van der Waals surface area contributed by atoms with Crippen LogP contribution in [0.1, 0.15) is 17.9 Å². The maximum Gasteiger partial charge on any atom is 0.311 e. The summed E-state index contributed by atoms with van der Waals surface area (Å²) in [5, 5.41) is 9.31.